The summed E-state index contributed by atoms with van der Waals surface area (Å²) >= 11 is 11.3. The van der Waals surface area contributed by atoms with Gasteiger partial charge in [-0.05, 0) is 59.2 Å². The highest BCUT2D eigenvalue weighted by atomic mass is 79.9. The fourth-order valence-electron chi connectivity index (χ4n) is 1.93. The molecule has 0 aliphatic rings. The third kappa shape index (κ3) is 2.91. The molecule has 0 aliphatic heterocycles. The van der Waals surface area contributed by atoms with E-state index < -0.39 is 0 Å². The molecule has 0 spiro atoms. The van der Waals surface area contributed by atoms with Crippen molar-refractivity contribution in [1.82, 2.24) is 5.32 Å². The van der Waals surface area contributed by atoms with Crippen molar-refractivity contribution < 1.29 is 0 Å². The number of thiophene rings is 1. The molecule has 0 aliphatic carbocycles. The van der Waals surface area contributed by atoms with Crippen molar-refractivity contribution in [2.24, 2.45) is 0 Å². The van der Waals surface area contributed by atoms with Crippen LogP contribution in [0.5, 0.6) is 0 Å². The topological polar surface area (TPSA) is 12.0 Å². The summed E-state index contributed by atoms with van der Waals surface area (Å²) in [6.45, 7) is 2.14. The van der Waals surface area contributed by atoms with Crippen molar-refractivity contribution in [3.8, 4) is 0 Å². The third-order valence-electron chi connectivity index (χ3n) is 2.71. The van der Waals surface area contributed by atoms with Crippen LogP contribution in [0.4, 0.5) is 0 Å². The second-order valence-corrected chi connectivity index (χ2v) is 6.91. The smallest absolute Gasteiger partial charge is 0.0704 e. The van der Waals surface area contributed by atoms with E-state index in [1.807, 2.05) is 25.2 Å². The monoisotopic (exact) mass is 329 g/mol. The van der Waals surface area contributed by atoms with Crippen LogP contribution in [0.2, 0.25) is 5.02 Å². The highest BCUT2D eigenvalue weighted by Gasteiger charge is 2.16. The Hall–Kier alpha value is -0.350. The number of nitrogens with one attached hydrogen (secondary N) is 1. The van der Waals surface area contributed by atoms with E-state index in [-0.39, 0.29) is 6.04 Å². The van der Waals surface area contributed by atoms with Gasteiger partial charge in [-0.1, -0.05) is 23.7 Å². The van der Waals surface area contributed by atoms with E-state index >= 15 is 0 Å². The van der Waals surface area contributed by atoms with Crippen LogP contribution in [0.25, 0.3) is 0 Å². The fourth-order valence-corrected chi connectivity index (χ4v) is 3.88. The first-order valence-corrected chi connectivity index (χ1v) is 7.29. The molecule has 1 aromatic heterocycles. The summed E-state index contributed by atoms with van der Waals surface area (Å²) in [4.78, 5) is 1.32. The Bertz CT molecular complexity index is 524. The largest absolute Gasteiger partial charge is 0.309 e. The molecule has 1 nitrogen and oxygen atoms in total. The van der Waals surface area contributed by atoms with Gasteiger partial charge in [-0.3, -0.25) is 0 Å². The lowest BCUT2D eigenvalue weighted by Gasteiger charge is -2.17. The minimum Gasteiger partial charge on any atom is -0.309 e. The molecule has 0 fully saturated rings. The summed E-state index contributed by atoms with van der Waals surface area (Å²) in [7, 11) is 1.97. The summed E-state index contributed by atoms with van der Waals surface area (Å²) in [6.07, 6.45) is 0. The second kappa shape index (κ2) is 5.53. The molecule has 90 valence electrons. The Balaban J connectivity index is 2.43. The van der Waals surface area contributed by atoms with Gasteiger partial charge in [0.15, 0.2) is 0 Å². The van der Waals surface area contributed by atoms with Gasteiger partial charge >= 0.3 is 0 Å². The molecule has 4 heteroatoms. The van der Waals surface area contributed by atoms with E-state index in [0.717, 1.165) is 8.81 Å². The van der Waals surface area contributed by atoms with Crippen LogP contribution in [0.1, 0.15) is 22.0 Å². The number of hydrogen-bond acceptors (Lipinski definition) is 2. The first-order valence-electron chi connectivity index (χ1n) is 5.30. The summed E-state index contributed by atoms with van der Waals surface area (Å²) in [5.74, 6) is 0. The molecule has 0 saturated carbocycles. The van der Waals surface area contributed by atoms with Gasteiger partial charge < -0.3 is 5.32 Å². The van der Waals surface area contributed by atoms with Gasteiger partial charge in [-0.15, -0.1) is 11.3 Å². The molecule has 1 atom stereocenters. The molecule has 1 aromatic carbocycles. The predicted molar refractivity (Wildman–Crippen MR) is 79.1 cm³/mol. The van der Waals surface area contributed by atoms with E-state index in [2.05, 4.69) is 40.3 Å². The molecule has 1 heterocycles. The molecule has 2 aromatic rings. The fraction of sp³-hybridized carbons (Fsp3) is 0.231. The van der Waals surface area contributed by atoms with E-state index in [1.165, 1.54) is 16.0 Å². The average molecular weight is 331 g/mol. The van der Waals surface area contributed by atoms with Crippen LogP contribution >= 0.6 is 38.9 Å². The standard InChI is InChI=1S/C13H13BrClNS/c1-8-11(7-12(14)17-8)13(16-2)9-4-3-5-10(15)6-9/h3-7,13,16H,1-2H3. The van der Waals surface area contributed by atoms with Crippen molar-refractivity contribution in [2.75, 3.05) is 7.05 Å². The molecule has 1 unspecified atom stereocenters. The Morgan fingerprint density at radius 1 is 1.35 bits per heavy atom. The second-order valence-electron chi connectivity index (χ2n) is 3.84. The molecule has 0 radical (unpaired) electrons. The zero-order valence-corrected chi connectivity index (χ0v) is 12.8. The van der Waals surface area contributed by atoms with Crippen molar-refractivity contribution in [3.05, 3.63) is 55.1 Å². The maximum Gasteiger partial charge on any atom is 0.0704 e. The summed E-state index contributed by atoms with van der Waals surface area (Å²) in [6, 6.07) is 10.3. The predicted octanol–water partition coefficient (Wildman–Crippen LogP) is 4.78. The van der Waals surface area contributed by atoms with Crippen LogP contribution in [0, 0.1) is 6.92 Å². The zero-order valence-electron chi connectivity index (χ0n) is 9.63. The van der Waals surface area contributed by atoms with Crippen LogP contribution in [-0.2, 0) is 0 Å². The lowest BCUT2D eigenvalue weighted by atomic mass is 10.00. The number of benzene rings is 1. The highest BCUT2D eigenvalue weighted by Crippen LogP contribution is 2.34. The van der Waals surface area contributed by atoms with Crippen LogP contribution in [-0.4, -0.2) is 7.05 Å². The minimum atomic E-state index is 0.191. The van der Waals surface area contributed by atoms with Crippen LogP contribution < -0.4 is 5.32 Å². The first kappa shape index (κ1) is 13.1. The van der Waals surface area contributed by atoms with Crippen molar-refractivity contribution in [1.29, 1.82) is 0 Å². The minimum absolute atomic E-state index is 0.191. The van der Waals surface area contributed by atoms with Crippen LogP contribution in [0.15, 0.2) is 34.1 Å². The SMILES string of the molecule is CNC(c1cccc(Cl)c1)c1cc(Br)sc1C. The van der Waals surface area contributed by atoms with Crippen molar-refractivity contribution >= 4 is 38.9 Å². The number of rotatable bonds is 3. The molecule has 2 rings (SSSR count). The quantitative estimate of drug-likeness (QED) is 0.854. The van der Waals surface area contributed by atoms with Gasteiger partial charge in [-0.2, -0.15) is 0 Å². The molecule has 0 saturated heterocycles. The van der Waals surface area contributed by atoms with Gasteiger partial charge in [0.2, 0.25) is 0 Å². The number of halogens is 2. The molecule has 0 amide bonds. The van der Waals surface area contributed by atoms with E-state index in [4.69, 9.17) is 11.6 Å². The maximum absolute atomic E-state index is 6.04. The molecule has 0 bridgehead atoms. The van der Waals surface area contributed by atoms with Crippen LogP contribution in [0.3, 0.4) is 0 Å². The Morgan fingerprint density at radius 2 is 2.12 bits per heavy atom. The van der Waals surface area contributed by atoms with E-state index in [0.29, 0.717) is 0 Å². The number of hydrogen-bond donors (Lipinski definition) is 1. The van der Waals surface area contributed by atoms with E-state index in [9.17, 15) is 0 Å². The van der Waals surface area contributed by atoms with Crippen molar-refractivity contribution in [3.63, 3.8) is 0 Å². The normalized spacial score (nSPS) is 12.7. The summed E-state index contributed by atoms with van der Waals surface area (Å²) in [5, 5.41) is 4.12. The summed E-state index contributed by atoms with van der Waals surface area (Å²) in [5.41, 5.74) is 2.49. The van der Waals surface area contributed by atoms with Gasteiger partial charge in [0.05, 0.1) is 9.83 Å². The van der Waals surface area contributed by atoms with E-state index in [1.54, 1.807) is 11.3 Å². The van der Waals surface area contributed by atoms with Gasteiger partial charge in [0, 0.05) is 9.90 Å². The lowest BCUT2D eigenvalue weighted by Crippen LogP contribution is -2.17. The highest BCUT2D eigenvalue weighted by molar-refractivity contribution is 9.11. The third-order valence-corrected chi connectivity index (χ3v) is 4.51. The first-order chi connectivity index (χ1) is 8.11. The molecule has 17 heavy (non-hydrogen) atoms. The molecular formula is C13H13BrClNS. The lowest BCUT2D eigenvalue weighted by molar-refractivity contribution is 0.691. The zero-order chi connectivity index (χ0) is 12.4. The summed E-state index contributed by atoms with van der Waals surface area (Å²) < 4.78 is 1.16. The Morgan fingerprint density at radius 3 is 2.65 bits per heavy atom. The van der Waals surface area contributed by atoms with Gasteiger partial charge in [-0.25, -0.2) is 0 Å². The molecular weight excluding hydrogens is 318 g/mol. The molecule has 1 N–H and O–H groups in total. The average Bonchev–Trinajstić information content (AvgIpc) is 2.59. The maximum atomic E-state index is 6.04. The van der Waals surface area contributed by atoms with Crippen molar-refractivity contribution in [2.45, 2.75) is 13.0 Å². The Labute approximate surface area is 119 Å². The van der Waals surface area contributed by atoms with Gasteiger partial charge in [0.25, 0.3) is 0 Å². The Kier molecular flexibility index (Phi) is 4.26. The van der Waals surface area contributed by atoms with Gasteiger partial charge in [0.1, 0.15) is 0 Å². The number of aryl methyl sites for hydroxylation is 1.